The van der Waals surface area contributed by atoms with Crippen molar-refractivity contribution in [2.24, 2.45) is 0 Å². The Balaban J connectivity index is 4.96. The van der Waals surface area contributed by atoms with Gasteiger partial charge in [0, 0.05) is 40.2 Å². The molecular formula is C25H47N3O2. The Morgan fingerprint density at radius 3 is 2.23 bits per heavy atom. The van der Waals surface area contributed by atoms with E-state index in [-0.39, 0.29) is 0 Å². The van der Waals surface area contributed by atoms with Crippen LogP contribution in [0.2, 0.25) is 0 Å². The van der Waals surface area contributed by atoms with Gasteiger partial charge in [0.1, 0.15) is 11.6 Å². The van der Waals surface area contributed by atoms with Crippen molar-refractivity contribution in [2.45, 2.75) is 66.2 Å². The van der Waals surface area contributed by atoms with E-state index in [1.165, 1.54) is 36.8 Å². The number of nitrogens with zero attached hydrogens (tertiary/aromatic N) is 1. The van der Waals surface area contributed by atoms with Crippen molar-refractivity contribution >= 4 is 0 Å². The number of hydrogen-bond acceptors (Lipinski definition) is 5. The maximum atomic E-state index is 5.49. The molecule has 0 aliphatic heterocycles. The maximum absolute atomic E-state index is 5.49. The normalized spacial score (nSPS) is 13.8. The number of allylic oxidation sites excluding steroid dienone is 3. The second kappa shape index (κ2) is 17.9. The van der Waals surface area contributed by atoms with Gasteiger partial charge in [-0.2, -0.15) is 0 Å². The van der Waals surface area contributed by atoms with E-state index in [2.05, 4.69) is 68.5 Å². The molecule has 0 aromatic rings. The highest BCUT2D eigenvalue weighted by Gasteiger charge is 2.06. The highest BCUT2D eigenvalue weighted by atomic mass is 16.5. The molecule has 0 aliphatic rings. The zero-order valence-corrected chi connectivity index (χ0v) is 20.9. The van der Waals surface area contributed by atoms with Gasteiger partial charge in [-0.1, -0.05) is 51.7 Å². The molecule has 0 aliphatic carbocycles. The largest absolute Gasteiger partial charge is 0.497 e. The van der Waals surface area contributed by atoms with Gasteiger partial charge in [0.15, 0.2) is 5.76 Å². The van der Waals surface area contributed by atoms with Crippen LogP contribution in [0.3, 0.4) is 0 Å². The zero-order valence-electron chi connectivity index (χ0n) is 20.9. The predicted molar refractivity (Wildman–Crippen MR) is 130 cm³/mol. The van der Waals surface area contributed by atoms with Gasteiger partial charge in [-0.05, 0) is 37.5 Å². The quantitative estimate of drug-likeness (QED) is 0.188. The van der Waals surface area contributed by atoms with Crippen LogP contribution in [-0.4, -0.2) is 52.8 Å². The number of ether oxygens (including phenoxy) is 2. The molecule has 0 aromatic heterocycles. The molecule has 0 radical (unpaired) electrons. The molecule has 0 spiro atoms. The van der Waals surface area contributed by atoms with Gasteiger partial charge in [-0.15, -0.1) is 0 Å². The number of hydrogen-bond donors (Lipinski definition) is 2. The molecule has 174 valence electrons. The van der Waals surface area contributed by atoms with Gasteiger partial charge in [0.25, 0.3) is 0 Å². The first-order valence-electron chi connectivity index (χ1n) is 11.5. The maximum Gasteiger partial charge on any atom is 0.156 e. The summed E-state index contributed by atoms with van der Waals surface area (Å²) in [5.41, 5.74) is 2.50. The minimum absolute atomic E-state index is 0.796. The zero-order chi connectivity index (χ0) is 22.8. The lowest BCUT2D eigenvalue weighted by Crippen LogP contribution is -2.28. The Morgan fingerprint density at radius 1 is 0.967 bits per heavy atom. The molecule has 30 heavy (non-hydrogen) atoms. The van der Waals surface area contributed by atoms with Crippen LogP contribution in [0.1, 0.15) is 66.2 Å². The summed E-state index contributed by atoms with van der Waals surface area (Å²) in [7, 11) is 7.54. The number of nitrogens with one attached hydrogen (secondary N) is 2. The summed E-state index contributed by atoms with van der Waals surface area (Å²) in [5, 5.41) is 6.92. The van der Waals surface area contributed by atoms with E-state index in [4.69, 9.17) is 9.47 Å². The molecule has 0 rings (SSSR count). The van der Waals surface area contributed by atoms with Crippen molar-refractivity contribution in [3.8, 4) is 0 Å². The number of rotatable bonds is 17. The summed E-state index contributed by atoms with van der Waals surface area (Å²) in [6.45, 7) is 11.3. The van der Waals surface area contributed by atoms with Crippen LogP contribution in [0.25, 0.3) is 0 Å². The minimum Gasteiger partial charge on any atom is -0.497 e. The fourth-order valence-electron chi connectivity index (χ4n) is 3.24. The van der Waals surface area contributed by atoms with Crippen LogP contribution >= 0.6 is 0 Å². The molecule has 0 saturated carbocycles. The van der Waals surface area contributed by atoms with Crippen LogP contribution in [0.4, 0.5) is 0 Å². The Labute approximate surface area is 186 Å². The van der Waals surface area contributed by atoms with Gasteiger partial charge in [-0.3, -0.25) is 0 Å². The third-order valence-corrected chi connectivity index (χ3v) is 4.98. The van der Waals surface area contributed by atoms with Crippen LogP contribution in [0, 0.1) is 0 Å². The molecule has 5 heteroatoms. The summed E-state index contributed by atoms with van der Waals surface area (Å²) < 4.78 is 10.9. The van der Waals surface area contributed by atoms with Gasteiger partial charge < -0.3 is 25.0 Å². The Kier molecular flexibility index (Phi) is 16.8. The highest BCUT2D eigenvalue weighted by molar-refractivity contribution is 5.25. The smallest absolute Gasteiger partial charge is 0.156 e. The average Bonchev–Trinajstić information content (AvgIpc) is 2.74. The lowest BCUT2D eigenvalue weighted by molar-refractivity contribution is 0.223. The van der Waals surface area contributed by atoms with Crippen molar-refractivity contribution in [1.29, 1.82) is 0 Å². The molecule has 0 bridgehead atoms. The monoisotopic (exact) mass is 421 g/mol. The van der Waals surface area contributed by atoms with Crippen molar-refractivity contribution in [2.75, 3.05) is 47.9 Å². The molecule has 0 heterocycles. The summed E-state index contributed by atoms with van der Waals surface area (Å²) in [6.07, 6.45) is 13.5. The van der Waals surface area contributed by atoms with E-state index in [1.54, 1.807) is 14.2 Å². The number of unbranched alkanes of at least 4 members (excludes halogenated alkanes) is 3. The van der Waals surface area contributed by atoms with E-state index in [1.807, 2.05) is 7.05 Å². The van der Waals surface area contributed by atoms with Crippen molar-refractivity contribution in [3.63, 3.8) is 0 Å². The van der Waals surface area contributed by atoms with Gasteiger partial charge >= 0.3 is 0 Å². The summed E-state index contributed by atoms with van der Waals surface area (Å²) in [4.78, 5) is 2.32. The van der Waals surface area contributed by atoms with Gasteiger partial charge in [0.2, 0.25) is 0 Å². The van der Waals surface area contributed by atoms with Crippen molar-refractivity contribution in [3.05, 3.63) is 46.7 Å². The molecule has 0 amide bonds. The first kappa shape index (κ1) is 28.1. The van der Waals surface area contributed by atoms with Gasteiger partial charge in [-0.25, -0.2) is 0 Å². The van der Waals surface area contributed by atoms with Crippen LogP contribution < -0.4 is 10.6 Å². The van der Waals surface area contributed by atoms with E-state index in [9.17, 15) is 0 Å². The van der Waals surface area contributed by atoms with E-state index in [0.717, 1.165) is 49.8 Å². The van der Waals surface area contributed by atoms with Crippen molar-refractivity contribution in [1.82, 2.24) is 15.5 Å². The molecule has 0 fully saturated rings. The number of methoxy groups -OCH3 is 2. The lowest BCUT2D eigenvalue weighted by Gasteiger charge is -2.23. The fraction of sp³-hybridized carbons (Fsp3) is 0.680. The van der Waals surface area contributed by atoms with E-state index in [0.29, 0.717) is 0 Å². The summed E-state index contributed by atoms with van der Waals surface area (Å²) in [6, 6.07) is 0. The molecule has 0 saturated heterocycles. The van der Waals surface area contributed by atoms with E-state index >= 15 is 0 Å². The fourth-order valence-corrected chi connectivity index (χ4v) is 3.24. The molecule has 0 aromatic carbocycles. The topological polar surface area (TPSA) is 45.8 Å². The first-order chi connectivity index (χ1) is 14.5. The third-order valence-electron chi connectivity index (χ3n) is 4.98. The molecule has 5 nitrogen and oxygen atoms in total. The Hall–Kier alpha value is -1.88. The standard InChI is InChI=1S/C25H47N3O2/c1-9-12-13-14-16-28(6)25(26-5)18-22(15-10-2)20-27-19-21(4)17-24(30-8)23(11-3)29-7/h15,17-18,26-27H,9-14,16,19-20H2,1-8H3/b21-17+,22-15+,24-23-,25-18+. The molecule has 0 atom stereocenters. The van der Waals surface area contributed by atoms with Crippen LogP contribution in [-0.2, 0) is 9.47 Å². The second-order valence-electron chi connectivity index (χ2n) is 7.59. The van der Waals surface area contributed by atoms with Crippen molar-refractivity contribution < 1.29 is 9.47 Å². The highest BCUT2D eigenvalue weighted by Crippen LogP contribution is 2.14. The van der Waals surface area contributed by atoms with E-state index < -0.39 is 0 Å². The van der Waals surface area contributed by atoms with Gasteiger partial charge in [0.05, 0.1) is 14.2 Å². The second-order valence-corrected chi connectivity index (χ2v) is 7.59. The predicted octanol–water partition coefficient (Wildman–Crippen LogP) is 5.35. The summed E-state index contributed by atoms with van der Waals surface area (Å²) >= 11 is 0. The Morgan fingerprint density at radius 2 is 1.70 bits per heavy atom. The van der Waals surface area contributed by atoms with Crippen LogP contribution in [0.15, 0.2) is 46.7 Å². The average molecular weight is 422 g/mol. The lowest BCUT2D eigenvalue weighted by atomic mass is 10.1. The molecule has 0 unspecified atom stereocenters. The minimum atomic E-state index is 0.796. The Bertz CT molecular complexity index is 571. The summed E-state index contributed by atoms with van der Waals surface area (Å²) in [5.74, 6) is 2.83. The first-order valence-corrected chi connectivity index (χ1v) is 11.5. The SMILES string of the molecule is CC/C=C(\C=C(/NC)N(C)CCCCCC)CNC/C(C)=C/C(OC)=C(\CC)OC. The molecule has 2 N–H and O–H groups in total. The van der Waals surface area contributed by atoms with Crippen LogP contribution in [0.5, 0.6) is 0 Å². The third kappa shape index (κ3) is 12.0. The molecular weight excluding hydrogens is 374 g/mol.